The van der Waals surface area contributed by atoms with Crippen molar-refractivity contribution >= 4 is 70.5 Å². The number of para-hydroxylation sites is 2. The molecule has 0 unspecified atom stereocenters. The molecule has 0 fully saturated rings. The van der Waals surface area contributed by atoms with Crippen molar-refractivity contribution in [1.29, 1.82) is 0 Å². The Balaban J connectivity index is 1.25. The second kappa shape index (κ2) is 10.2. The molecule has 0 radical (unpaired) electrons. The molecule has 0 amide bonds. The van der Waals surface area contributed by atoms with Gasteiger partial charge < -0.3 is 9.32 Å². The summed E-state index contributed by atoms with van der Waals surface area (Å²) in [5.74, 6) is 0. The monoisotopic (exact) mass is 633 g/mol. The lowest BCUT2D eigenvalue weighted by molar-refractivity contribution is 0.660. The van der Waals surface area contributed by atoms with E-state index < -0.39 is 0 Å². The van der Waals surface area contributed by atoms with E-state index in [1.807, 2.05) is 17.4 Å². The fraction of sp³-hybridized carbons (Fsp3) is 0.0667. The van der Waals surface area contributed by atoms with Crippen LogP contribution in [0, 0.1) is 0 Å². The van der Waals surface area contributed by atoms with Gasteiger partial charge in [-0.3, -0.25) is 0 Å². The first kappa shape index (κ1) is 27.5. The van der Waals surface area contributed by atoms with Crippen LogP contribution in [-0.2, 0) is 5.41 Å². The third-order valence-electron chi connectivity index (χ3n) is 10.3. The molecule has 9 aromatic rings. The predicted octanol–water partition coefficient (Wildman–Crippen LogP) is 13.4. The van der Waals surface area contributed by atoms with E-state index in [0.29, 0.717) is 0 Å². The highest BCUT2D eigenvalue weighted by Crippen LogP contribution is 2.52. The summed E-state index contributed by atoms with van der Waals surface area (Å²) in [6.07, 6.45) is 0. The number of hydrogen-bond donors (Lipinski definition) is 0. The van der Waals surface area contributed by atoms with Crippen molar-refractivity contribution in [3.63, 3.8) is 0 Å². The standard InChI is InChI=1S/C45H31NOS/c1-45(2)37-17-7-3-12-30(37)31-24-22-29(27-38(31)45)46(28-23-25-43-36(26-28)33-14-6-10-21-42(33)48-43)39-18-8-4-13-32(39)34-16-11-20-41-44(34)35-15-5-9-19-40(35)47-41/h3-27H,1-2H3. The summed E-state index contributed by atoms with van der Waals surface area (Å²) in [6, 6.07) is 55.2. The molecule has 48 heavy (non-hydrogen) atoms. The van der Waals surface area contributed by atoms with Gasteiger partial charge in [-0.05, 0) is 82.4 Å². The summed E-state index contributed by atoms with van der Waals surface area (Å²) < 4.78 is 8.97. The fourth-order valence-corrected chi connectivity index (χ4v) is 9.09. The van der Waals surface area contributed by atoms with Gasteiger partial charge in [0.1, 0.15) is 11.2 Å². The van der Waals surface area contributed by atoms with Gasteiger partial charge in [0.15, 0.2) is 0 Å². The zero-order valence-corrected chi connectivity index (χ0v) is 27.5. The number of anilines is 3. The van der Waals surface area contributed by atoms with Crippen LogP contribution in [0.3, 0.4) is 0 Å². The van der Waals surface area contributed by atoms with Crippen molar-refractivity contribution in [3.8, 4) is 22.3 Å². The number of hydrogen-bond acceptors (Lipinski definition) is 3. The fourth-order valence-electron chi connectivity index (χ4n) is 8.01. The largest absolute Gasteiger partial charge is 0.456 e. The van der Waals surface area contributed by atoms with Crippen LogP contribution in [0.5, 0.6) is 0 Å². The Kier molecular flexibility index (Phi) is 5.82. The maximum Gasteiger partial charge on any atom is 0.136 e. The molecular formula is C45H31NOS. The Morgan fingerprint density at radius 2 is 1.12 bits per heavy atom. The van der Waals surface area contributed by atoms with Crippen LogP contribution in [0.2, 0.25) is 0 Å². The molecule has 0 aliphatic heterocycles. The first-order valence-corrected chi connectivity index (χ1v) is 17.3. The summed E-state index contributed by atoms with van der Waals surface area (Å²) in [5.41, 5.74) is 12.8. The smallest absolute Gasteiger partial charge is 0.136 e. The normalized spacial score (nSPS) is 13.4. The number of benzene rings is 7. The third kappa shape index (κ3) is 3.92. The van der Waals surface area contributed by atoms with Gasteiger partial charge in [0.25, 0.3) is 0 Å². The van der Waals surface area contributed by atoms with E-state index in [4.69, 9.17) is 4.42 Å². The molecule has 10 rings (SSSR count). The molecule has 7 aromatic carbocycles. The number of furan rings is 1. The third-order valence-corrected chi connectivity index (χ3v) is 11.4. The first-order chi connectivity index (χ1) is 23.6. The van der Waals surface area contributed by atoms with Gasteiger partial charge in [0.05, 0.1) is 5.69 Å². The molecule has 0 saturated carbocycles. The molecule has 0 N–H and O–H groups in total. The van der Waals surface area contributed by atoms with Crippen LogP contribution in [0.15, 0.2) is 156 Å². The van der Waals surface area contributed by atoms with Gasteiger partial charge in [-0.25, -0.2) is 0 Å². The molecular weight excluding hydrogens is 603 g/mol. The number of fused-ring (bicyclic) bond motifs is 9. The highest BCUT2D eigenvalue weighted by atomic mass is 32.1. The minimum Gasteiger partial charge on any atom is -0.456 e. The Bertz CT molecular complexity index is 2730. The molecule has 0 saturated heterocycles. The zero-order chi connectivity index (χ0) is 32.0. The Morgan fingerprint density at radius 1 is 0.479 bits per heavy atom. The Hall–Kier alpha value is -5.64. The average Bonchev–Trinajstić information content (AvgIpc) is 3.76. The molecule has 1 aliphatic carbocycles. The van der Waals surface area contributed by atoms with Gasteiger partial charge >= 0.3 is 0 Å². The van der Waals surface area contributed by atoms with Gasteiger partial charge in [-0.1, -0.05) is 111 Å². The van der Waals surface area contributed by atoms with E-state index in [0.717, 1.165) is 50.1 Å². The molecule has 3 heteroatoms. The van der Waals surface area contributed by atoms with Gasteiger partial charge in [-0.15, -0.1) is 11.3 Å². The molecule has 228 valence electrons. The molecule has 1 aliphatic rings. The molecule has 0 spiro atoms. The van der Waals surface area contributed by atoms with Gasteiger partial charge in [0.2, 0.25) is 0 Å². The Labute approximate surface area is 283 Å². The van der Waals surface area contributed by atoms with Crippen molar-refractivity contribution in [3.05, 3.63) is 163 Å². The summed E-state index contributed by atoms with van der Waals surface area (Å²) in [5, 5.41) is 4.86. The van der Waals surface area contributed by atoms with Crippen LogP contribution < -0.4 is 4.90 Å². The SMILES string of the molecule is CC1(C)c2ccccc2-c2ccc(N(c3ccc4sc5ccccc5c4c3)c3ccccc3-c3cccc4oc5ccccc5c34)cc21. The Morgan fingerprint density at radius 3 is 2.04 bits per heavy atom. The quantitative estimate of drug-likeness (QED) is 0.192. The molecule has 0 atom stereocenters. The van der Waals surface area contributed by atoms with E-state index in [1.54, 1.807) is 0 Å². The summed E-state index contributed by atoms with van der Waals surface area (Å²) in [4.78, 5) is 2.46. The maximum atomic E-state index is 6.36. The van der Waals surface area contributed by atoms with Crippen molar-refractivity contribution in [2.75, 3.05) is 4.90 Å². The minimum absolute atomic E-state index is 0.109. The number of nitrogens with zero attached hydrogens (tertiary/aromatic N) is 1. The van der Waals surface area contributed by atoms with E-state index in [1.165, 1.54) is 42.4 Å². The van der Waals surface area contributed by atoms with E-state index in [9.17, 15) is 0 Å². The van der Waals surface area contributed by atoms with Crippen molar-refractivity contribution in [2.24, 2.45) is 0 Å². The second-order valence-electron chi connectivity index (χ2n) is 13.3. The lowest BCUT2D eigenvalue weighted by Crippen LogP contribution is -2.16. The van der Waals surface area contributed by atoms with Crippen LogP contribution >= 0.6 is 11.3 Å². The average molecular weight is 634 g/mol. The first-order valence-electron chi connectivity index (χ1n) is 16.5. The van der Waals surface area contributed by atoms with E-state index in [-0.39, 0.29) is 5.41 Å². The summed E-state index contributed by atoms with van der Waals surface area (Å²) >= 11 is 1.86. The lowest BCUT2D eigenvalue weighted by atomic mass is 9.82. The van der Waals surface area contributed by atoms with Crippen LogP contribution in [0.1, 0.15) is 25.0 Å². The highest BCUT2D eigenvalue weighted by Gasteiger charge is 2.36. The molecule has 0 bridgehead atoms. The van der Waals surface area contributed by atoms with Crippen molar-refractivity contribution in [1.82, 2.24) is 0 Å². The lowest BCUT2D eigenvalue weighted by Gasteiger charge is -2.30. The van der Waals surface area contributed by atoms with Crippen LogP contribution in [-0.4, -0.2) is 0 Å². The van der Waals surface area contributed by atoms with Gasteiger partial charge in [-0.2, -0.15) is 0 Å². The maximum absolute atomic E-state index is 6.36. The zero-order valence-electron chi connectivity index (χ0n) is 26.7. The van der Waals surface area contributed by atoms with Crippen molar-refractivity contribution < 1.29 is 4.42 Å². The predicted molar refractivity (Wildman–Crippen MR) is 204 cm³/mol. The topological polar surface area (TPSA) is 16.4 Å². The second-order valence-corrected chi connectivity index (χ2v) is 14.4. The van der Waals surface area contributed by atoms with E-state index in [2.05, 4.69) is 164 Å². The number of thiophene rings is 1. The molecule has 2 heterocycles. The molecule has 2 aromatic heterocycles. The summed E-state index contributed by atoms with van der Waals surface area (Å²) in [6.45, 7) is 4.71. The summed E-state index contributed by atoms with van der Waals surface area (Å²) in [7, 11) is 0. The highest BCUT2D eigenvalue weighted by molar-refractivity contribution is 7.25. The number of rotatable bonds is 4. The molecule has 2 nitrogen and oxygen atoms in total. The minimum atomic E-state index is -0.109. The van der Waals surface area contributed by atoms with Gasteiger partial charge in [0, 0.05) is 53.3 Å². The van der Waals surface area contributed by atoms with Crippen LogP contribution in [0.4, 0.5) is 17.1 Å². The van der Waals surface area contributed by atoms with Crippen molar-refractivity contribution in [2.45, 2.75) is 19.3 Å². The van der Waals surface area contributed by atoms with Crippen LogP contribution in [0.25, 0.3) is 64.4 Å². The van der Waals surface area contributed by atoms with E-state index >= 15 is 0 Å².